The zero-order chi connectivity index (χ0) is 14.5. The Morgan fingerprint density at radius 2 is 1.75 bits per heavy atom. The van der Waals surface area contributed by atoms with Gasteiger partial charge in [0.05, 0.1) is 0 Å². The van der Waals surface area contributed by atoms with Gasteiger partial charge in [0, 0.05) is 42.1 Å². The van der Waals surface area contributed by atoms with Gasteiger partial charge in [-0.1, -0.05) is 6.07 Å². The van der Waals surface area contributed by atoms with Crippen molar-refractivity contribution in [3.05, 3.63) is 51.2 Å². The van der Waals surface area contributed by atoms with E-state index in [1.165, 1.54) is 26.6 Å². The number of benzene rings is 1. The van der Waals surface area contributed by atoms with Crippen molar-refractivity contribution in [3.8, 4) is 0 Å². The highest BCUT2D eigenvalue weighted by molar-refractivity contribution is 7.11. The fraction of sp³-hybridized carbons (Fsp3) is 0.412. The van der Waals surface area contributed by atoms with E-state index in [4.69, 9.17) is 0 Å². The maximum atomic E-state index is 3.51. The van der Waals surface area contributed by atoms with Crippen molar-refractivity contribution in [2.75, 3.05) is 25.0 Å². The first-order valence-electron chi connectivity index (χ1n) is 7.10. The van der Waals surface area contributed by atoms with E-state index in [1.807, 2.05) is 11.3 Å². The summed E-state index contributed by atoms with van der Waals surface area (Å²) in [7, 11) is 2.16. The van der Waals surface area contributed by atoms with Crippen LogP contribution in [0.4, 0.5) is 5.69 Å². The molecule has 1 aromatic carbocycles. The highest BCUT2D eigenvalue weighted by Crippen LogP contribution is 2.17. The third-order valence-electron chi connectivity index (χ3n) is 3.37. The molecule has 108 valence electrons. The molecule has 0 radical (unpaired) electrons. The van der Waals surface area contributed by atoms with Gasteiger partial charge in [0.1, 0.15) is 0 Å². The van der Waals surface area contributed by atoms with Crippen LogP contribution in [0.5, 0.6) is 0 Å². The first kappa shape index (κ1) is 15.1. The molecule has 0 bridgehead atoms. The summed E-state index contributed by atoms with van der Waals surface area (Å²) in [5.41, 5.74) is 3.96. The SMILES string of the molecule is Cc1cc(C)cc(N(C)CCNCc2ccc(C)s2)c1. The summed E-state index contributed by atoms with van der Waals surface area (Å²) in [5, 5.41) is 3.51. The van der Waals surface area contributed by atoms with E-state index in [0.717, 1.165) is 19.6 Å². The zero-order valence-electron chi connectivity index (χ0n) is 12.9. The minimum atomic E-state index is 0.971. The van der Waals surface area contributed by atoms with Crippen LogP contribution in [0, 0.1) is 20.8 Å². The van der Waals surface area contributed by atoms with Crippen LogP contribution in [0.25, 0.3) is 0 Å². The van der Waals surface area contributed by atoms with E-state index in [-0.39, 0.29) is 0 Å². The molecule has 1 N–H and O–H groups in total. The average molecular weight is 288 g/mol. The molecule has 1 heterocycles. The number of hydrogen-bond donors (Lipinski definition) is 1. The van der Waals surface area contributed by atoms with Crippen molar-refractivity contribution in [1.29, 1.82) is 0 Å². The van der Waals surface area contributed by atoms with Crippen molar-refractivity contribution < 1.29 is 0 Å². The second-order valence-corrected chi connectivity index (χ2v) is 6.83. The monoisotopic (exact) mass is 288 g/mol. The van der Waals surface area contributed by atoms with E-state index >= 15 is 0 Å². The van der Waals surface area contributed by atoms with Gasteiger partial charge in [0.2, 0.25) is 0 Å². The summed E-state index contributed by atoms with van der Waals surface area (Å²) in [6, 6.07) is 11.1. The lowest BCUT2D eigenvalue weighted by atomic mass is 10.1. The Kier molecular flexibility index (Phi) is 5.21. The molecule has 0 spiro atoms. The molecule has 0 saturated carbocycles. The van der Waals surface area contributed by atoms with Crippen LogP contribution in [0.3, 0.4) is 0 Å². The molecule has 0 aliphatic heterocycles. The van der Waals surface area contributed by atoms with E-state index in [1.54, 1.807) is 0 Å². The lowest BCUT2D eigenvalue weighted by molar-refractivity contribution is 0.685. The van der Waals surface area contributed by atoms with Crippen LogP contribution in [0.2, 0.25) is 0 Å². The Hall–Kier alpha value is -1.32. The summed E-state index contributed by atoms with van der Waals surface area (Å²) in [6.45, 7) is 9.46. The van der Waals surface area contributed by atoms with Crippen LogP contribution in [0.1, 0.15) is 20.9 Å². The molecule has 2 rings (SSSR count). The fourth-order valence-corrected chi connectivity index (χ4v) is 3.20. The molecule has 20 heavy (non-hydrogen) atoms. The molecule has 0 aliphatic carbocycles. The molecule has 0 aliphatic rings. The number of hydrogen-bond acceptors (Lipinski definition) is 3. The predicted molar refractivity (Wildman–Crippen MR) is 89.9 cm³/mol. The molecule has 0 saturated heterocycles. The maximum absolute atomic E-state index is 3.51. The van der Waals surface area contributed by atoms with Gasteiger partial charge in [-0.2, -0.15) is 0 Å². The van der Waals surface area contributed by atoms with Gasteiger partial charge in [-0.05, 0) is 56.2 Å². The average Bonchev–Trinajstić information content (AvgIpc) is 2.79. The summed E-state index contributed by atoms with van der Waals surface area (Å²) >= 11 is 1.87. The van der Waals surface area contributed by atoms with Gasteiger partial charge in [0.15, 0.2) is 0 Å². The van der Waals surface area contributed by atoms with Crippen molar-refractivity contribution >= 4 is 17.0 Å². The number of anilines is 1. The first-order valence-corrected chi connectivity index (χ1v) is 7.92. The molecule has 0 unspecified atom stereocenters. The van der Waals surface area contributed by atoms with E-state index < -0.39 is 0 Å². The van der Waals surface area contributed by atoms with Gasteiger partial charge in [0.25, 0.3) is 0 Å². The smallest absolute Gasteiger partial charge is 0.0369 e. The fourth-order valence-electron chi connectivity index (χ4n) is 2.34. The standard InChI is InChI=1S/C17H24N2S/c1-13-9-14(2)11-16(10-13)19(4)8-7-18-12-17-6-5-15(3)20-17/h5-6,9-11,18H,7-8,12H2,1-4H3. The summed E-state index contributed by atoms with van der Waals surface area (Å²) in [4.78, 5) is 5.11. The number of likely N-dealkylation sites (N-methyl/N-ethyl adjacent to an activating group) is 1. The molecule has 2 aromatic rings. The quantitative estimate of drug-likeness (QED) is 0.811. The van der Waals surface area contributed by atoms with E-state index in [9.17, 15) is 0 Å². The van der Waals surface area contributed by atoms with Crippen molar-refractivity contribution in [2.24, 2.45) is 0 Å². The highest BCUT2D eigenvalue weighted by atomic mass is 32.1. The molecule has 1 aromatic heterocycles. The number of nitrogens with zero attached hydrogens (tertiary/aromatic N) is 1. The zero-order valence-corrected chi connectivity index (χ0v) is 13.7. The van der Waals surface area contributed by atoms with E-state index in [2.05, 4.69) is 68.4 Å². The number of thiophene rings is 1. The van der Waals surface area contributed by atoms with E-state index in [0.29, 0.717) is 0 Å². The third kappa shape index (κ3) is 4.36. The lowest BCUT2D eigenvalue weighted by Crippen LogP contribution is -2.28. The minimum absolute atomic E-state index is 0.971. The van der Waals surface area contributed by atoms with Gasteiger partial charge in [-0.15, -0.1) is 11.3 Å². The molecule has 0 amide bonds. The van der Waals surface area contributed by atoms with Crippen LogP contribution in [0.15, 0.2) is 30.3 Å². The lowest BCUT2D eigenvalue weighted by Gasteiger charge is -2.20. The first-order chi connectivity index (χ1) is 9.54. The van der Waals surface area contributed by atoms with Crippen LogP contribution >= 0.6 is 11.3 Å². The normalized spacial score (nSPS) is 10.8. The highest BCUT2D eigenvalue weighted by Gasteiger charge is 2.02. The van der Waals surface area contributed by atoms with Gasteiger partial charge in [-0.25, -0.2) is 0 Å². The van der Waals surface area contributed by atoms with Crippen LogP contribution in [-0.2, 0) is 6.54 Å². The largest absolute Gasteiger partial charge is 0.373 e. The topological polar surface area (TPSA) is 15.3 Å². The molecule has 0 fully saturated rings. The molecular weight excluding hydrogens is 264 g/mol. The Balaban J connectivity index is 1.78. The summed E-state index contributed by atoms with van der Waals surface area (Å²) in [5.74, 6) is 0. The number of rotatable bonds is 6. The predicted octanol–water partition coefficient (Wildman–Crippen LogP) is 3.90. The van der Waals surface area contributed by atoms with Gasteiger partial charge < -0.3 is 10.2 Å². The third-order valence-corrected chi connectivity index (χ3v) is 4.37. The minimum Gasteiger partial charge on any atom is -0.373 e. The van der Waals surface area contributed by atoms with Crippen molar-refractivity contribution in [3.63, 3.8) is 0 Å². The second-order valence-electron chi connectivity index (χ2n) is 5.46. The second kappa shape index (κ2) is 6.91. The van der Waals surface area contributed by atoms with Crippen molar-refractivity contribution in [1.82, 2.24) is 5.32 Å². The summed E-state index contributed by atoms with van der Waals surface area (Å²) < 4.78 is 0. The molecular formula is C17H24N2S. The Morgan fingerprint density at radius 3 is 2.35 bits per heavy atom. The Morgan fingerprint density at radius 1 is 1.05 bits per heavy atom. The Bertz CT molecular complexity index is 540. The molecule has 0 atom stereocenters. The van der Waals surface area contributed by atoms with Crippen LogP contribution in [-0.4, -0.2) is 20.1 Å². The van der Waals surface area contributed by atoms with Crippen molar-refractivity contribution in [2.45, 2.75) is 27.3 Å². The number of nitrogens with one attached hydrogen (secondary N) is 1. The van der Waals surface area contributed by atoms with Crippen LogP contribution < -0.4 is 10.2 Å². The summed E-state index contributed by atoms with van der Waals surface area (Å²) in [6.07, 6.45) is 0. The van der Waals surface area contributed by atoms with Gasteiger partial charge in [-0.3, -0.25) is 0 Å². The molecule has 2 nitrogen and oxygen atoms in total. The Labute approximate surface area is 126 Å². The molecule has 3 heteroatoms. The van der Waals surface area contributed by atoms with Gasteiger partial charge >= 0.3 is 0 Å². The maximum Gasteiger partial charge on any atom is 0.0369 e. The number of aryl methyl sites for hydroxylation is 3.